The highest BCUT2D eigenvalue weighted by atomic mass is 32.1. The van der Waals surface area contributed by atoms with Crippen molar-refractivity contribution in [2.75, 3.05) is 20.8 Å². The Bertz CT molecular complexity index is 1740. The maximum absolute atomic E-state index is 14.0. The van der Waals surface area contributed by atoms with Crippen molar-refractivity contribution in [3.05, 3.63) is 121 Å². The van der Waals surface area contributed by atoms with Crippen LogP contribution in [0.3, 0.4) is 0 Å². The third kappa shape index (κ3) is 5.00. The summed E-state index contributed by atoms with van der Waals surface area (Å²) in [6.45, 7) is 1.85. The van der Waals surface area contributed by atoms with Gasteiger partial charge in [0.05, 0.1) is 42.7 Å². The SMILES string of the molecule is CCOC(=O)C1=C(c2ccccc2)N=c2s/c(=C\c3cc(OC)ccc3OC)c(=O)n2[C@H]1c1ccc(F)cc1. The van der Waals surface area contributed by atoms with E-state index in [4.69, 9.17) is 19.2 Å². The number of carbonyl (C=O) groups excluding carboxylic acids is 1. The van der Waals surface area contributed by atoms with Gasteiger partial charge >= 0.3 is 5.97 Å². The second-order valence-electron chi connectivity index (χ2n) is 8.59. The molecule has 1 aromatic heterocycles. The molecule has 39 heavy (non-hydrogen) atoms. The number of nitrogens with zero attached hydrogens (tertiary/aromatic N) is 2. The van der Waals surface area contributed by atoms with E-state index in [1.165, 1.54) is 28.0 Å². The number of ether oxygens (including phenoxy) is 3. The van der Waals surface area contributed by atoms with Gasteiger partial charge in [-0.25, -0.2) is 14.2 Å². The van der Waals surface area contributed by atoms with Crippen LogP contribution < -0.4 is 24.4 Å². The van der Waals surface area contributed by atoms with E-state index in [9.17, 15) is 14.0 Å². The highest BCUT2D eigenvalue weighted by Crippen LogP contribution is 2.35. The maximum atomic E-state index is 14.0. The van der Waals surface area contributed by atoms with Crippen LogP contribution in [0.5, 0.6) is 11.5 Å². The molecule has 0 amide bonds. The Morgan fingerprint density at radius 1 is 1.05 bits per heavy atom. The van der Waals surface area contributed by atoms with Crippen molar-refractivity contribution in [3.63, 3.8) is 0 Å². The fraction of sp³-hybridized carbons (Fsp3) is 0.167. The van der Waals surface area contributed by atoms with Crippen molar-refractivity contribution in [1.29, 1.82) is 0 Å². The minimum Gasteiger partial charge on any atom is -0.497 e. The van der Waals surface area contributed by atoms with E-state index in [1.54, 1.807) is 57.6 Å². The van der Waals surface area contributed by atoms with Crippen LogP contribution in [0.15, 0.2) is 88.2 Å². The molecular weight excluding hydrogens is 519 g/mol. The highest BCUT2D eigenvalue weighted by molar-refractivity contribution is 7.07. The number of rotatable bonds is 7. The van der Waals surface area contributed by atoms with E-state index < -0.39 is 17.8 Å². The summed E-state index contributed by atoms with van der Waals surface area (Å²) in [4.78, 5) is 32.6. The average molecular weight is 545 g/mol. The number of benzene rings is 3. The number of aromatic nitrogens is 1. The molecule has 2 heterocycles. The maximum Gasteiger partial charge on any atom is 0.338 e. The molecule has 1 aliphatic rings. The normalized spacial score (nSPS) is 15.0. The summed E-state index contributed by atoms with van der Waals surface area (Å²) in [6, 6.07) is 19.4. The van der Waals surface area contributed by atoms with E-state index in [-0.39, 0.29) is 17.7 Å². The number of esters is 1. The van der Waals surface area contributed by atoms with Crippen LogP contribution in [0.4, 0.5) is 4.39 Å². The van der Waals surface area contributed by atoms with Gasteiger partial charge in [-0.3, -0.25) is 9.36 Å². The molecular formula is C30H25FN2O5S. The number of hydrogen-bond acceptors (Lipinski definition) is 7. The zero-order chi connectivity index (χ0) is 27.5. The summed E-state index contributed by atoms with van der Waals surface area (Å²) in [5, 5.41) is 0. The Balaban J connectivity index is 1.83. The van der Waals surface area contributed by atoms with Gasteiger partial charge in [-0.1, -0.05) is 53.8 Å². The Morgan fingerprint density at radius 2 is 1.79 bits per heavy atom. The molecule has 5 rings (SSSR count). The molecule has 0 saturated carbocycles. The minimum atomic E-state index is -0.884. The lowest BCUT2D eigenvalue weighted by Gasteiger charge is -2.25. The van der Waals surface area contributed by atoms with Crippen LogP contribution in [-0.4, -0.2) is 31.4 Å². The summed E-state index contributed by atoms with van der Waals surface area (Å²) in [5.74, 6) is 0.142. The molecule has 0 unspecified atom stereocenters. The predicted molar refractivity (Wildman–Crippen MR) is 147 cm³/mol. The summed E-state index contributed by atoms with van der Waals surface area (Å²) in [7, 11) is 3.11. The minimum absolute atomic E-state index is 0.139. The van der Waals surface area contributed by atoms with Gasteiger partial charge in [0.1, 0.15) is 17.3 Å². The fourth-order valence-electron chi connectivity index (χ4n) is 4.49. The molecule has 198 valence electrons. The summed E-state index contributed by atoms with van der Waals surface area (Å²) in [5.41, 5.74) is 2.14. The number of halogens is 1. The second kappa shape index (κ2) is 11.1. The molecule has 1 aliphatic heterocycles. The first-order valence-corrected chi connectivity index (χ1v) is 13.0. The molecule has 0 spiro atoms. The van der Waals surface area contributed by atoms with Gasteiger partial charge in [0.15, 0.2) is 4.80 Å². The molecule has 0 fully saturated rings. The molecule has 0 bridgehead atoms. The molecule has 0 aliphatic carbocycles. The van der Waals surface area contributed by atoms with Gasteiger partial charge in [0.25, 0.3) is 5.56 Å². The monoisotopic (exact) mass is 544 g/mol. The van der Waals surface area contributed by atoms with Crippen LogP contribution >= 0.6 is 11.3 Å². The Kier molecular flexibility index (Phi) is 7.42. The van der Waals surface area contributed by atoms with Crippen LogP contribution in [0.1, 0.15) is 29.7 Å². The number of carbonyl (C=O) groups is 1. The fourth-order valence-corrected chi connectivity index (χ4v) is 5.49. The second-order valence-corrected chi connectivity index (χ2v) is 9.60. The van der Waals surface area contributed by atoms with Crippen LogP contribution in [-0.2, 0) is 9.53 Å². The standard InChI is InChI=1S/C30H25FN2O5S/c1-4-38-29(35)25-26(18-8-6-5-7-9-18)32-30-33(27(25)19-10-12-21(31)13-11-19)28(34)24(39-30)17-20-16-22(36-2)14-15-23(20)37-3/h5-17,27H,4H2,1-3H3/b24-17-/t27-/m0/s1. The Hall–Kier alpha value is -4.50. The molecule has 4 aromatic rings. The summed E-state index contributed by atoms with van der Waals surface area (Å²) < 4.78 is 32.0. The molecule has 0 N–H and O–H groups in total. The highest BCUT2D eigenvalue weighted by Gasteiger charge is 2.35. The van der Waals surface area contributed by atoms with E-state index >= 15 is 0 Å². The molecule has 0 radical (unpaired) electrons. The molecule has 1 atom stereocenters. The molecule has 3 aromatic carbocycles. The van der Waals surface area contributed by atoms with Gasteiger partial charge in [0, 0.05) is 11.1 Å². The van der Waals surface area contributed by atoms with Crippen molar-refractivity contribution < 1.29 is 23.4 Å². The van der Waals surface area contributed by atoms with E-state index in [1.807, 2.05) is 30.3 Å². The van der Waals surface area contributed by atoms with E-state index in [0.29, 0.717) is 43.2 Å². The summed E-state index contributed by atoms with van der Waals surface area (Å²) in [6.07, 6.45) is 1.71. The first kappa shape index (κ1) is 26.1. The van der Waals surface area contributed by atoms with Crippen LogP contribution in [0.2, 0.25) is 0 Å². The summed E-state index contributed by atoms with van der Waals surface area (Å²) >= 11 is 1.19. The number of thiazole rings is 1. The zero-order valence-electron chi connectivity index (χ0n) is 21.5. The smallest absolute Gasteiger partial charge is 0.338 e. The van der Waals surface area contributed by atoms with Crippen molar-refractivity contribution in [2.24, 2.45) is 4.99 Å². The average Bonchev–Trinajstić information content (AvgIpc) is 3.27. The van der Waals surface area contributed by atoms with Gasteiger partial charge in [-0.15, -0.1) is 0 Å². The number of fused-ring (bicyclic) bond motifs is 1. The van der Waals surface area contributed by atoms with Gasteiger partial charge < -0.3 is 14.2 Å². The van der Waals surface area contributed by atoms with Gasteiger partial charge in [-0.2, -0.15) is 0 Å². The van der Waals surface area contributed by atoms with Crippen LogP contribution in [0.25, 0.3) is 11.8 Å². The Morgan fingerprint density at radius 3 is 2.46 bits per heavy atom. The van der Waals surface area contributed by atoms with Crippen molar-refractivity contribution in [1.82, 2.24) is 4.57 Å². The zero-order valence-corrected chi connectivity index (χ0v) is 22.3. The third-order valence-electron chi connectivity index (χ3n) is 6.28. The lowest BCUT2D eigenvalue weighted by molar-refractivity contribution is -0.138. The Labute approximate surface area is 227 Å². The quantitative estimate of drug-likeness (QED) is 0.328. The van der Waals surface area contributed by atoms with E-state index in [2.05, 4.69) is 0 Å². The predicted octanol–water partition coefficient (Wildman–Crippen LogP) is 4.09. The van der Waals surface area contributed by atoms with Crippen molar-refractivity contribution in [2.45, 2.75) is 13.0 Å². The van der Waals surface area contributed by atoms with Crippen LogP contribution in [0, 0.1) is 5.82 Å². The molecule has 7 nitrogen and oxygen atoms in total. The number of methoxy groups -OCH3 is 2. The van der Waals surface area contributed by atoms with Gasteiger partial charge in [-0.05, 0) is 48.9 Å². The topological polar surface area (TPSA) is 79.1 Å². The largest absolute Gasteiger partial charge is 0.497 e. The van der Waals surface area contributed by atoms with Gasteiger partial charge in [0.2, 0.25) is 0 Å². The molecule has 0 saturated heterocycles. The lowest BCUT2D eigenvalue weighted by Crippen LogP contribution is -2.40. The van der Waals surface area contributed by atoms with Crippen molar-refractivity contribution >= 4 is 29.1 Å². The lowest BCUT2D eigenvalue weighted by atomic mass is 9.93. The van der Waals surface area contributed by atoms with E-state index in [0.717, 1.165) is 0 Å². The molecule has 9 heteroatoms. The first-order chi connectivity index (χ1) is 18.9. The third-order valence-corrected chi connectivity index (χ3v) is 7.27. The number of hydrogen-bond donors (Lipinski definition) is 0. The first-order valence-electron chi connectivity index (χ1n) is 12.2. The van der Waals surface area contributed by atoms with Crippen molar-refractivity contribution in [3.8, 4) is 11.5 Å².